The number of carbonyl (C=O) groups is 2. The molecule has 1 aromatic heterocycles. The summed E-state index contributed by atoms with van der Waals surface area (Å²) in [7, 11) is 0. The van der Waals surface area contributed by atoms with Crippen LogP contribution in [-0.4, -0.2) is 52.1 Å². The van der Waals surface area contributed by atoms with E-state index in [1.54, 1.807) is 6.33 Å². The molecule has 37 heavy (non-hydrogen) atoms. The Labute approximate surface area is 225 Å². The van der Waals surface area contributed by atoms with E-state index in [4.69, 9.17) is 28.7 Å². The number of ether oxygens (including phenoxy) is 4. The van der Waals surface area contributed by atoms with Gasteiger partial charge < -0.3 is 23.5 Å². The lowest BCUT2D eigenvalue weighted by molar-refractivity contribution is -0.576. The summed E-state index contributed by atoms with van der Waals surface area (Å²) in [6.45, 7) is 7.26. The van der Waals surface area contributed by atoms with Crippen LogP contribution in [0.3, 0.4) is 0 Å². The fraction of sp³-hybridized carbons (Fsp3) is 0.808. The largest absolute Gasteiger partial charge is 0.466 e. The number of esters is 2. The Kier molecular flexibility index (Phi) is 7.98. The number of hydrogen-bond acceptors (Lipinski definition) is 9. The predicted octanol–water partition coefficient (Wildman–Crippen LogP) is 4.50. The molecule has 4 aliphatic heterocycles. The van der Waals surface area contributed by atoms with E-state index in [9.17, 15) is 9.59 Å². The van der Waals surface area contributed by atoms with Crippen LogP contribution in [0.5, 0.6) is 0 Å². The van der Waals surface area contributed by atoms with Gasteiger partial charge in [-0.05, 0) is 66.8 Å². The van der Waals surface area contributed by atoms with Gasteiger partial charge in [0, 0.05) is 31.0 Å². The van der Waals surface area contributed by atoms with Gasteiger partial charge in [-0.1, -0.05) is 13.8 Å². The molecule has 0 amide bonds. The lowest BCUT2D eigenvalue weighted by Crippen LogP contribution is -2.70. The summed E-state index contributed by atoms with van der Waals surface area (Å²) in [6, 6.07) is 0. The third kappa shape index (κ3) is 5.48. The Morgan fingerprint density at radius 1 is 1.14 bits per heavy atom. The molecule has 10 nitrogen and oxygen atoms in total. The zero-order chi connectivity index (χ0) is 26.2. The minimum absolute atomic E-state index is 0.0314. The van der Waals surface area contributed by atoms with Crippen LogP contribution in [0, 0.1) is 23.7 Å². The summed E-state index contributed by atoms with van der Waals surface area (Å²) in [6.07, 6.45) is 7.34. The predicted molar refractivity (Wildman–Crippen MR) is 132 cm³/mol. The third-order valence-corrected chi connectivity index (χ3v) is 8.96. The molecular weight excluding hydrogens is 548 g/mol. The second-order valence-electron chi connectivity index (χ2n) is 11.1. The van der Waals surface area contributed by atoms with E-state index in [2.05, 4.69) is 27.8 Å². The van der Waals surface area contributed by atoms with Gasteiger partial charge in [0.25, 0.3) is 0 Å². The number of nitrogens with zero attached hydrogens (tertiary/aromatic N) is 2. The van der Waals surface area contributed by atoms with Gasteiger partial charge in [-0.15, -0.1) is 0 Å². The molecule has 1 spiro atoms. The highest BCUT2D eigenvalue weighted by Crippen LogP contribution is 2.60. The Balaban J connectivity index is 1.09. The van der Waals surface area contributed by atoms with Crippen molar-refractivity contribution < 1.29 is 38.3 Å². The summed E-state index contributed by atoms with van der Waals surface area (Å²) < 4.78 is 26.3. The summed E-state index contributed by atoms with van der Waals surface area (Å²) in [4.78, 5) is 40.8. The maximum atomic E-state index is 12.7. The monoisotopic (exact) mass is 584 g/mol. The number of aryl methyl sites for hydroxylation is 1. The van der Waals surface area contributed by atoms with Gasteiger partial charge in [-0.2, -0.15) is 0 Å². The van der Waals surface area contributed by atoms with Crippen molar-refractivity contribution in [3.8, 4) is 0 Å². The Morgan fingerprint density at radius 3 is 2.73 bits per heavy atom. The van der Waals surface area contributed by atoms with Gasteiger partial charge in [-0.3, -0.25) is 9.59 Å². The van der Waals surface area contributed by atoms with Crippen LogP contribution in [0.2, 0.25) is 0 Å². The van der Waals surface area contributed by atoms with Crippen molar-refractivity contribution >= 4 is 27.9 Å². The molecule has 2 bridgehead atoms. The minimum atomic E-state index is -0.883. The molecule has 1 aromatic rings. The molecule has 0 N–H and O–H groups in total. The second kappa shape index (κ2) is 10.9. The topological polar surface area (TPSA) is 107 Å². The first kappa shape index (κ1) is 27.1. The van der Waals surface area contributed by atoms with Crippen molar-refractivity contribution in [1.82, 2.24) is 9.55 Å². The fourth-order valence-corrected chi connectivity index (χ4v) is 6.86. The van der Waals surface area contributed by atoms with Crippen molar-refractivity contribution in [3.05, 3.63) is 17.1 Å². The van der Waals surface area contributed by atoms with Crippen molar-refractivity contribution in [2.45, 2.75) is 103 Å². The molecule has 206 valence electrons. The molecule has 11 heteroatoms. The zero-order valence-corrected chi connectivity index (χ0v) is 23.3. The molecule has 0 radical (unpaired) electrons. The molecule has 5 heterocycles. The number of hydrogen-bond donors (Lipinski definition) is 0. The summed E-state index contributed by atoms with van der Waals surface area (Å²) in [5.74, 6) is -1.11. The van der Waals surface area contributed by atoms with Crippen LogP contribution in [-0.2, 0) is 44.9 Å². The fourth-order valence-electron chi connectivity index (χ4n) is 6.51. The molecular formula is C26H37BrN2O8. The average Bonchev–Trinajstić information content (AvgIpc) is 3.14. The first-order valence-electron chi connectivity index (χ1n) is 13.4. The quantitative estimate of drug-likeness (QED) is 0.235. The van der Waals surface area contributed by atoms with Crippen molar-refractivity contribution in [3.63, 3.8) is 0 Å². The van der Waals surface area contributed by atoms with E-state index >= 15 is 0 Å². The molecule has 5 aliphatic rings. The first-order valence-corrected chi connectivity index (χ1v) is 14.2. The smallest absolute Gasteiger partial charge is 0.308 e. The van der Waals surface area contributed by atoms with Crippen LogP contribution in [0.1, 0.15) is 72.1 Å². The number of fused-ring (bicyclic) bond motifs is 2. The van der Waals surface area contributed by atoms with Crippen LogP contribution in [0.4, 0.5) is 0 Å². The number of halogens is 1. The van der Waals surface area contributed by atoms with Crippen molar-refractivity contribution in [2.75, 3.05) is 6.61 Å². The van der Waals surface area contributed by atoms with Crippen molar-refractivity contribution in [1.29, 1.82) is 0 Å². The molecule has 0 unspecified atom stereocenters. The minimum Gasteiger partial charge on any atom is -0.466 e. The second-order valence-corrected chi connectivity index (χ2v) is 11.9. The van der Waals surface area contributed by atoms with Gasteiger partial charge in [0.15, 0.2) is 11.9 Å². The molecule has 5 fully saturated rings. The van der Waals surface area contributed by atoms with E-state index in [1.807, 2.05) is 24.6 Å². The average molecular weight is 585 g/mol. The molecule has 1 aliphatic carbocycles. The highest BCUT2D eigenvalue weighted by molar-refractivity contribution is 9.10. The number of rotatable bonds is 9. The summed E-state index contributed by atoms with van der Waals surface area (Å²) in [5, 5.41) is 0. The Hall–Kier alpha value is -1.53. The molecule has 4 saturated heterocycles. The zero-order valence-electron chi connectivity index (χ0n) is 21.7. The van der Waals surface area contributed by atoms with Crippen LogP contribution >= 0.6 is 15.9 Å². The maximum Gasteiger partial charge on any atom is 0.308 e. The SMILES string of the molecule is C[C@H]1[C@H](OC(=O)CCC(=O)OCCCCn2cnc(Br)c2)O[C@@H]2O[C@@]3(C)CC[C@H]4[C@H](C)CC[C@@H]1[C@@]24OO3. The standard InChI is InChI=1S/C26H37BrN2O8/c1-16-6-7-19-17(2)23(34-24-26(19)18(16)10-11-25(3,35-24)36-37-26)33-22(31)9-8-21(30)32-13-5-4-12-29-14-20(27)28-15-29/h14-19,23-24H,4-13H2,1-3H3/t16-,17-,18+,19+,23-,24-,25-,26-/m1/s1. The van der Waals surface area contributed by atoms with Crippen LogP contribution in [0.15, 0.2) is 17.1 Å². The van der Waals surface area contributed by atoms with Crippen LogP contribution in [0.25, 0.3) is 0 Å². The maximum absolute atomic E-state index is 12.7. The van der Waals surface area contributed by atoms with E-state index in [1.165, 1.54) is 0 Å². The molecule has 1 saturated carbocycles. The van der Waals surface area contributed by atoms with E-state index in [-0.39, 0.29) is 30.6 Å². The van der Waals surface area contributed by atoms with Crippen LogP contribution < -0.4 is 0 Å². The van der Waals surface area contributed by atoms with Gasteiger partial charge in [-0.25, -0.2) is 14.8 Å². The highest BCUT2D eigenvalue weighted by Gasteiger charge is 2.69. The number of imidazole rings is 1. The molecule has 0 aromatic carbocycles. The summed E-state index contributed by atoms with van der Waals surface area (Å²) >= 11 is 3.31. The first-order chi connectivity index (χ1) is 17.7. The van der Waals surface area contributed by atoms with E-state index in [0.29, 0.717) is 12.5 Å². The number of carbonyl (C=O) groups excluding carboxylic acids is 2. The van der Waals surface area contributed by atoms with Gasteiger partial charge >= 0.3 is 11.9 Å². The lowest BCUT2D eigenvalue weighted by atomic mass is 9.58. The van der Waals surface area contributed by atoms with E-state index < -0.39 is 35.9 Å². The third-order valence-electron chi connectivity index (χ3n) is 8.55. The van der Waals surface area contributed by atoms with Gasteiger partial charge in [0.2, 0.25) is 12.1 Å². The molecule has 6 rings (SSSR count). The molecule has 8 atom stereocenters. The number of unbranched alkanes of at least 4 members (excludes halogenated alkanes) is 1. The summed E-state index contributed by atoms with van der Waals surface area (Å²) in [5.41, 5.74) is -0.700. The van der Waals surface area contributed by atoms with E-state index in [0.717, 1.165) is 49.7 Å². The van der Waals surface area contributed by atoms with Gasteiger partial charge in [0.1, 0.15) is 4.60 Å². The highest BCUT2D eigenvalue weighted by atomic mass is 79.9. The Morgan fingerprint density at radius 2 is 1.95 bits per heavy atom. The lowest BCUT2D eigenvalue weighted by Gasteiger charge is -2.59. The Bertz CT molecular complexity index is 990. The number of aromatic nitrogens is 2. The normalized spacial score (nSPS) is 38.5. The van der Waals surface area contributed by atoms with Gasteiger partial charge in [0.05, 0.1) is 25.8 Å². The van der Waals surface area contributed by atoms with Crippen molar-refractivity contribution in [2.24, 2.45) is 23.7 Å².